The quantitative estimate of drug-likeness (QED) is 0.630. The number of aryl methyl sites for hydroxylation is 1. The maximum atomic E-state index is 12.1. The molecule has 0 spiro atoms. The Labute approximate surface area is 116 Å². The summed E-state index contributed by atoms with van der Waals surface area (Å²) in [5.74, 6) is -0.351. The van der Waals surface area contributed by atoms with Gasteiger partial charge >= 0.3 is 5.97 Å². The molecule has 0 radical (unpaired) electrons. The normalized spacial score (nSPS) is 18.9. The number of carbonyl (C=O) groups excluding carboxylic acids is 1. The van der Waals surface area contributed by atoms with E-state index in [1.165, 1.54) is 0 Å². The number of thiocarbonyl (C=S) groups is 1. The lowest BCUT2D eigenvalue weighted by Gasteiger charge is -2.28. The van der Waals surface area contributed by atoms with Crippen LogP contribution in [-0.2, 0) is 16.6 Å². The van der Waals surface area contributed by atoms with Crippen LogP contribution in [0.1, 0.15) is 25.5 Å². The average Bonchev–Trinajstić information content (AvgIpc) is 2.75. The summed E-state index contributed by atoms with van der Waals surface area (Å²) >= 11 is 5.14. The number of nitrogens with zero attached hydrogens (tertiary/aromatic N) is 2. The van der Waals surface area contributed by atoms with E-state index in [0.29, 0.717) is 23.0 Å². The van der Waals surface area contributed by atoms with Gasteiger partial charge in [-0.15, -0.1) is 0 Å². The third-order valence-electron chi connectivity index (χ3n) is 2.82. The lowest BCUT2D eigenvalue weighted by molar-refractivity contribution is -0.139. The summed E-state index contributed by atoms with van der Waals surface area (Å²) < 4.78 is 6.78. The van der Waals surface area contributed by atoms with E-state index in [4.69, 9.17) is 17.0 Å². The molecule has 0 amide bonds. The number of hydrogen-bond donors (Lipinski definition) is 2. The molecule has 0 saturated heterocycles. The standard InChI is InChI=1S/C12H16N4O2S/c1-4-18-11(17)9-7(2)14-12(19)15-10(9)8-5-13-16(3)6-8/h5-6,10H,4H2,1-3H3,(H2,14,15,19)/t10-/m0/s1. The van der Waals surface area contributed by atoms with E-state index >= 15 is 0 Å². The van der Waals surface area contributed by atoms with Crippen LogP contribution in [0.4, 0.5) is 0 Å². The van der Waals surface area contributed by atoms with Crippen molar-refractivity contribution in [3.8, 4) is 0 Å². The highest BCUT2D eigenvalue weighted by molar-refractivity contribution is 7.80. The number of nitrogens with one attached hydrogen (secondary N) is 2. The zero-order valence-electron chi connectivity index (χ0n) is 11.1. The summed E-state index contributed by atoms with van der Waals surface area (Å²) in [4.78, 5) is 12.1. The molecule has 0 unspecified atom stereocenters. The fourth-order valence-electron chi connectivity index (χ4n) is 2.01. The molecule has 1 atom stereocenters. The van der Waals surface area contributed by atoms with Gasteiger partial charge in [0.05, 0.1) is 24.4 Å². The molecule has 0 aromatic carbocycles. The summed E-state index contributed by atoms with van der Waals surface area (Å²) in [6.07, 6.45) is 3.55. The van der Waals surface area contributed by atoms with E-state index < -0.39 is 0 Å². The molecule has 0 saturated carbocycles. The van der Waals surface area contributed by atoms with E-state index in [1.807, 2.05) is 20.2 Å². The number of allylic oxidation sites excluding steroid dienone is 1. The zero-order valence-corrected chi connectivity index (χ0v) is 11.9. The molecule has 2 N–H and O–H groups in total. The van der Waals surface area contributed by atoms with Gasteiger partial charge in [0.1, 0.15) is 0 Å². The highest BCUT2D eigenvalue weighted by atomic mass is 32.1. The first-order valence-electron chi connectivity index (χ1n) is 5.97. The number of esters is 1. The lowest BCUT2D eigenvalue weighted by atomic mass is 9.98. The van der Waals surface area contributed by atoms with E-state index in [1.54, 1.807) is 17.8 Å². The maximum Gasteiger partial charge on any atom is 0.338 e. The molecule has 0 aliphatic carbocycles. The Morgan fingerprint density at radius 2 is 2.37 bits per heavy atom. The molecule has 2 heterocycles. The van der Waals surface area contributed by atoms with Gasteiger partial charge in [-0.25, -0.2) is 4.79 Å². The van der Waals surface area contributed by atoms with Gasteiger partial charge in [-0.2, -0.15) is 5.10 Å². The first kappa shape index (κ1) is 13.5. The van der Waals surface area contributed by atoms with E-state index in [9.17, 15) is 4.79 Å². The van der Waals surface area contributed by atoms with Crippen molar-refractivity contribution in [3.63, 3.8) is 0 Å². The molecule has 0 bridgehead atoms. The van der Waals surface area contributed by atoms with Gasteiger partial charge in [-0.05, 0) is 26.1 Å². The van der Waals surface area contributed by atoms with Crippen molar-refractivity contribution in [2.24, 2.45) is 7.05 Å². The minimum atomic E-state index is -0.351. The van der Waals surface area contributed by atoms with Crippen LogP contribution in [0.15, 0.2) is 23.7 Å². The molecule has 1 aliphatic heterocycles. The van der Waals surface area contributed by atoms with Crippen LogP contribution in [0.3, 0.4) is 0 Å². The fourth-order valence-corrected chi connectivity index (χ4v) is 2.28. The Morgan fingerprint density at radius 1 is 1.63 bits per heavy atom. The second kappa shape index (κ2) is 5.40. The number of carbonyl (C=O) groups is 1. The number of hydrogen-bond acceptors (Lipinski definition) is 4. The van der Waals surface area contributed by atoms with Crippen molar-refractivity contribution < 1.29 is 9.53 Å². The van der Waals surface area contributed by atoms with Crippen LogP contribution in [0.2, 0.25) is 0 Å². The van der Waals surface area contributed by atoms with Crippen molar-refractivity contribution in [2.45, 2.75) is 19.9 Å². The topological polar surface area (TPSA) is 68.2 Å². The minimum absolute atomic E-state index is 0.332. The summed E-state index contributed by atoms with van der Waals surface area (Å²) in [7, 11) is 1.82. The van der Waals surface area contributed by atoms with E-state index in [-0.39, 0.29) is 12.0 Å². The van der Waals surface area contributed by atoms with Crippen molar-refractivity contribution in [1.29, 1.82) is 0 Å². The predicted molar refractivity (Wildman–Crippen MR) is 74.2 cm³/mol. The van der Waals surface area contributed by atoms with Gasteiger partial charge in [0.15, 0.2) is 5.11 Å². The molecular formula is C12H16N4O2S. The van der Waals surface area contributed by atoms with Crippen LogP contribution in [0, 0.1) is 0 Å². The van der Waals surface area contributed by atoms with Crippen molar-refractivity contribution >= 4 is 23.3 Å². The Bertz CT molecular complexity index is 550. The molecule has 1 aliphatic rings. The number of ether oxygens (including phenoxy) is 1. The first-order chi connectivity index (χ1) is 9.02. The Kier molecular flexibility index (Phi) is 3.84. The van der Waals surface area contributed by atoms with Crippen LogP contribution in [0.25, 0.3) is 0 Å². The van der Waals surface area contributed by atoms with Crippen molar-refractivity contribution in [2.75, 3.05) is 6.61 Å². The smallest absolute Gasteiger partial charge is 0.338 e. The number of aromatic nitrogens is 2. The van der Waals surface area contributed by atoms with Crippen LogP contribution in [0.5, 0.6) is 0 Å². The second-order valence-corrected chi connectivity index (χ2v) is 4.65. The van der Waals surface area contributed by atoms with Crippen LogP contribution >= 0.6 is 12.2 Å². The zero-order chi connectivity index (χ0) is 14.0. The third kappa shape index (κ3) is 2.76. The van der Waals surface area contributed by atoms with Gasteiger partial charge < -0.3 is 15.4 Å². The monoisotopic (exact) mass is 280 g/mol. The van der Waals surface area contributed by atoms with E-state index in [0.717, 1.165) is 5.56 Å². The molecule has 1 aromatic heterocycles. The SMILES string of the molecule is CCOC(=O)C1=C(C)NC(=S)N[C@H]1c1cnn(C)c1. The molecule has 0 fully saturated rings. The highest BCUT2D eigenvalue weighted by Crippen LogP contribution is 2.27. The van der Waals surface area contributed by atoms with Crippen molar-refractivity contribution in [3.05, 3.63) is 29.2 Å². The second-order valence-electron chi connectivity index (χ2n) is 4.24. The summed E-state index contributed by atoms with van der Waals surface area (Å²) in [6.45, 7) is 3.92. The maximum absolute atomic E-state index is 12.1. The Balaban J connectivity index is 2.40. The average molecular weight is 280 g/mol. The number of rotatable bonds is 3. The van der Waals surface area contributed by atoms with Crippen molar-refractivity contribution in [1.82, 2.24) is 20.4 Å². The van der Waals surface area contributed by atoms with Gasteiger partial charge in [-0.3, -0.25) is 4.68 Å². The predicted octanol–water partition coefficient (Wildman–Crippen LogP) is 0.776. The van der Waals surface area contributed by atoms with Gasteiger partial charge in [0.25, 0.3) is 0 Å². The molecule has 1 aromatic rings. The molecule has 6 nitrogen and oxygen atoms in total. The van der Waals surface area contributed by atoms with Crippen LogP contribution < -0.4 is 10.6 Å². The molecule has 7 heteroatoms. The fraction of sp³-hybridized carbons (Fsp3) is 0.417. The van der Waals surface area contributed by atoms with E-state index in [2.05, 4.69) is 15.7 Å². The Morgan fingerprint density at radius 3 is 2.95 bits per heavy atom. The summed E-state index contributed by atoms with van der Waals surface area (Å²) in [5, 5.41) is 10.6. The molecule has 19 heavy (non-hydrogen) atoms. The Hall–Kier alpha value is -1.89. The van der Waals surface area contributed by atoms with Gasteiger partial charge in [0, 0.05) is 24.5 Å². The third-order valence-corrected chi connectivity index (χ3v) is 3.04. The summed E-state index contributed by atoms with van der Waals surface area (Å²) in [5.41, 5.74) is 2.10. The van der Waals surface area contributed by atoms with Gasteiger partial charge in [-0.1, -0.05) is 0 Å². The molecular weight excluding hydrogens is 264 g/mol. The molecule has 2 rings (SSSR count). The van der Waals surface area contributed by atoms with Crippen LogP contribution in [-0.4, -0.2) is 27.5 Å². The van der Waals surface area contributed by atoms with Gasteiger partial charge in [0.2, 0.25) is 0 Å². The first-order valence-corrected chi connectivity index (χ1v) is 6.37. The molecule has 102 valence electrons. The lowest BCUT2D eigenvalue weighted by Crippen LogP contribution is -2.45. The summed E-state index contributed by atoms with van der Waals surface area (Å²) in [6, 6.07) is -0.332. The highest BCUT2D eigenvalue weighted by Gasteiger charge is 2.31. The largest absolute Gasteiger partial charge is 0.463 e. The minimum Gasteiger partial charge on any atom is -0.463 e.